The van der Waals surface area contributed by atoms with Crippen LogP contribution in [0.4, 0.5) is 5.82 Å². The molecule has 2 aromatic heterocycles. The summed E-state index contributed by atoms with van der Waals surface area (Å²) < 4.78 is 1.38. The summed E-state index contributed by atoms with van der Waals surface area (Å²) in [5.74, 6) is 0.552. The van der Waals surface area contributed by atoms with Crippen LogP contribution in [0.2, 0.25) is 10.0 Å². The first-order valence-electron chi connectivity index (χ1n) is 5.42. The van der Waals surface area contributed by atoms with E-state index in [4.69, 9.17) is 23.2 Å². The molecule has 2 rings (SSSR count). The quantitative estimate of drug-likeness (QED) is 0.905. The van der Waals surface area contributed by atoms with Gasteiger partial charge in [-0.1, -0.05) is 23.2 Å². The summed E-state index contributed by atoms with van der Waals surface area (Å²) in [6, 6.07) is 1.61. The number of hydrogen-bond donors (Lipinski definition) is 2. The van der Waals surface area contributed by atoms with Crippen LogP contribution in [0.5, 0.6) is 0 Å². The number of aromatic nitrogens is 4. The molecule has 2 N–H and O–H groups in total. The van der Waals surface area contributed by atoms with Crippen molar-refractivity contribution in [3.63, 3.8) is 0 Å². The van der Waals surface area contributed by atoms with Crippen LogP contribution in [0.1, 0.15) is 6.92 Å². The number of H-pyrrole nitrogens is 1. The average Bonchev–Trinajstić information content (AvgIpc) is 2.67. The minimum atomic E-state index is -0.292. The second-order valence-electron chi connectivity index (χ2n) is 3.61. The molecule has 9 heteroatoms. The number of aromatic amines is 1. The van der Waals surface area contributed by atoms with Crippen molar-refractivity contribution in [2.45, 2.75) is 17.1 Å². The number of nitrogens with one attached hydrogen (secondary N) is 2. The van der Waals surface area contributed by atoms with E-state index in [0.29, 0.717) is 32.6 Å². The summed E-state index contributed by atoms with van der Waals surface area (Å²) in [5.41, 5.74) is -0.292. The first kappa shape index (κ1) is 14.2. The molecule has 0 bridgehead atoms. The molecule has 0 saturated carbocycles. The second kappa shape index (κ2) is 5.85. The first-order chi connectivity index (χ1) is 9.02. The Morgan fingerprint density at radius 3 is 2.79 bits per heavy atom. The lowest BCUT2D eigenvalue weighted by atomic mass is 10.4. The van der Waals surface area contributed by atoms with Crippen molar-refractivity contribution in [2.75, 3.05) is 11.9 Å². The number of halogens is 2. The van der Waals surface area contributed by atoms with Crippen LogP contribution in [-0.4, -0.2) is 26.3 Å². The van der Waals surface area contributed by atoms with Gasteiger partial charge >= 0.3 is 5.69 Å². The van der Waals surface area contributed by atoms with Gasteiger partial charge in [-0.05, 0) is 24.8 Å². The maximum Gasteiger partial charge on any atom is 0.343 e. The van der Waals surface area contributed by atoms with Crippen molar-refractivity contribution in [2.24, 2.45) is 7.05 Å². The fraction of sp³-hybridized carbons (Fsp3) is 0.300. The molecule has 0 aliphatic carbocycles. The number of nitrogens with zero attached hydrogens (tertiary/aromatic N) is 3. The van der Waals surface area contributed by atoms with Gasteiger partial charge in [0.1, 0.15) is 10.8 Å². The lowest BCUT2D eigenvalue weighted by Gasteiger charge is -2.08. The average molecular weight is 320 g/mol. The molecule has 0 spiro atoms. The number of hydrogen-bond acceptors (Lipinski definition) is 5. The lowest BCUT2D eigenvalue weighted by molar-refractivity contribution is 0.765. The van der Waals surface area contributed by atoms with Crippen molar-refractivity contribution in [1.29, 1.82) is 0 Å². The molecule has 0 radical (unpaired) electrons. The summed E-state index contributed by atoms with van der Waals surface area (Å²) >= 11 is 13.3. The van der Waals surface area contributed by atoms with Gasteiger partial charge in [-0.25, -0.2) is 14.9 Å². The van der Waals surface area contributed by atoms with E-state index in [-0.39, 0.29) is 5.69 Å². The monoisotopic (exact) mass is 319 g/mol. The molecule has 0 amide bonds. The summed E-state index contributed by atoms with van der Waals surface area (Å²) in [7, 11) is 1.61. The molecule has 0 unspecified atom stereocenters. The predicted octanol–water partition coefficient (Wildman–Crippen LogP) is 2.39. The molecule has 2 aromatic rings. The summed E-state index contributed by atoms with van der Waals surface area (Å²) in [5, 5.41) is 11.1. The highest BCUT2D eigenvalue weighted by molar-refractivity contribution is 7.99. The third-order valence-electron chi connectivity index (χ3n) is 2.27. The van der Waals surface area contributed by atoms with E-state index in [0.717, 1.165) is 0 Å². The van der Waals surface area contributed by atoms with Crippen LogP contribution in [0, 0.1) is 0 Å². The van der Waals surface area contributed by atoms with Crippen LogP contribution < -0.4 is 11.0 Å². The van der Waals surface area contributed by atoms with Crippen LogP contribution in [0.15, 0.2) is 21.0 Å². The van der Waals surface area contributed by atoms with E-state index < -0.39 is 0 Å². The zero-order valence-electron chi connectivity index (χ0n) is 10.2. The van der Waals surface area contributed by atoms with Crippen molar-refractivity contribution in [3.05, 3.63) is 26.6 Å². The zero-order valence-corrected chi connectivity index (χ0v) is 12.5. The fourth-order valence-electron chi connectivity index (χ4n) is 1.32. The van der Waals surface area contributed by atoms with E-state index in [9.17, 15) is 4.79 Å². The van der Waals surface area contributed by atoms with Gasteiger partial charge in [0.05, 0.1) is 10.0 Å². The normalized spacial score (nSPS) is 10.7. The summed E-state index contributed by atoms with van der Waals surface area (Å²) in [6.07, 6.45) is 0. The number of rotatable bonds is 4. The Morgan fingerprint density at radius 2 is 2.21 bits per heavy atom. The minimum absolute atomic E-state index is 0.292. The number of pyridine rings is 1. The van der Waals surface area contributed by atoms with Crippen LogP contribution >= 0.6 is 35.0 Å². The van der Waals surface area contributed by atoms with Gasteiger partial charge in [0, 0.05) is 13.6 Å². The van der Waals surface area contributed by atoms with Crippen molar-refractivity contribution in [3.8, 4) is 0 Å². The van der Waals surface area contributed by atoms with E-state index in [1.807, 2.05) is 6.92 Å². The third-order valence-corrected chi connectivity index (χ3v) is 4.01. The second-order valence-corrected chi connectivity index (χ2v) is 5.38. The highest BCUT2D eigenvalue weighted by Gasteiger charge is 2.13. The molecule has 0 saturated heterocycles. The van der Waals surface area contributed by atoms with Crippen molar-refractivity contribution < 1.29 is 0 Å². The van der Waals surface area contributed by atoms with Gasteiger partial charge in [0.25, 0.3) is 0 Å². The van der Waals surface area contributed by atoms with Crippen molar-refractivity contribution in [1.82, 2.24) is 19.7 Å². The fourth-order valence-corrected chi connectivity index (χ4v) is 2.64. The highest BCUT2D eigenvalue weighted by atomic mass is 35.5. The molecule has 19 heavy (non-hydrogen) atoms. The Balaban J connectivity index is 2.37. The highest BCUT2D eigenvalue weighted by Crippen LogP contribution is 2.34. The van der Waals surface area contributed by atoms with E-state index in [2.05, 4.69) is 20.5 Å². The van der Waals surface area contributed by atoms with Gasteiger partial charge in [0.2, 0.25) is 0 Å². The molecular formula is C10H11Cl2N5OS. The van der Waals surface area contributed by atoms with Gasteiger partial charge < -0.3 is 5.32 Å². The molecule has 0 aliphatic rings. The standard InChI is InChI=1S/C10H11Cl2N5OS/c1-3-13-7-5(11)4-6(12)8(14-7)19-10-16-15-9(18)17(10)2/h4H,3H2,1-2H3,(H,13,14)(H,15,18). The Morgan fingerprint density at radius 1 is 1.47 bits per heavy atom. The predicted molar refractivity (Wildman–Crippen MR) is 76.4 cm³/mol. The Labute approximate surface area is 123 Å². The largest absolute Gasteiger partial charge is 0.369 e. The molecule has 0 atom stereocenters. The molecule has 0 aliphatic heterocycles. The third kappa shape index (κ3) is 3.05. The van der Waals surface area contributed by atoms with Crippen molar-refractivity contribution >= 4 is 40.8 Å². The molecule has 6 nitrogen and oxygen atoms in total. The van der Waals surface area contributed by atoms with Gasteiger partial charge in [-0.2, -0.15) is 0 Å². The molecule has 0 fully saturated rings. The molecular weight excluding hydrogens is 309 g/mol. The topological polar surface area (TPSA) is 75.6 Å². The first-order valence-corrected chi connectivity index (χ1v) is 6.99. The molecule has 102 valence electrons. The van der Waals surface area contributed by atoms with Crippen LogP contribution in [0.3, 0.4) is 0 Å². The number of anilines is 1. The zero-order chi connectivity index (χ0) is 14.0. The molecule has 0 aromatic carbocycles. The smallest absolute Gasteiger partial charge is 0.343 e. The minimum Gasteiger partial charge on any atom is -0.369 e. The maximum atomic E-state index is 11.3. The van der Waals surface area contributed by atoms with E-state index >= 15 is 0 Å². The Bertz CT molecular complexity index is 654. The maximum absolute atomic E-state index is 11.3. The lowest BCUT2D eigenvalue weighted by Crippen LogP contribution is -2.12. The van der Waals surface area contributed by atoms with Gasteiger partial charge in [-0.15, -0.1) is 5.10 Å². The van der Waals surface area contributed by atoms with Gasteiger partial charge in [0.15, 0.2) is 5.16 Å². The van der Waals surface area contributed by atoms with E-state index in [1.54, 1.807) is 13.1 Å². The SMILES string of the molecule is CCNc1nc(Sc2n[nH]c(=O)n2C)c(Cl)cc1Cl. The van der Waals surface area contributed by atoms with Gasteiger partial charge in [-0.3, -0.25) is 4.57 Å². The summed E-state index contributed by atoms with van der Waals surface area (Å²) in [6.45, 7) is 2.64. The van der Waals surface area contributed by atoms with E-state index in [1.165, 1.54) is 16.3 Å². The Kier molecular flexibility index (Phi) is 4.38. The van der Waals surface area contributed by atoms with Crippen LogP contribution in [0.25, 0.3) is 0 Å². The summed E-state index contributed by atoms with van der Waals surface area (Å²) in [4.78, 5) is 15.6. The Hall–Kier alpha value is -1.18. The van der Waals surface area contributed by atoms with Crippen LogP contribution in [-0.2, 0) is 7.05 Å². The molecule has 2 heterocycles.